The van der Waals surface area contributed by atoms with Gasteiger partial charge in [0.15, 0.2) is 0 Å². The van der Waals surface area contributed by atoms with Crippen molar-refractivity contribution in [1.82, 2.24) is 10.3 Å². The summed E-state index contributed by atoms with van der Waals surface area (Å²) < 4.78 is 0. The summed E-state index contributed by atoms with van der Waals surface area (Å²) in [6.45, 7) is 5.65. The molecule has 2 rings (SSSR count). The van der Waals surface area contributed by atoms with Gasteiger partial charge in [-0.25, -0.2) is 0 Å². The second kappa shape index (κ2) is 8.93. The molecule has 4 heteroatoms. The molecule has 0 unspecified atom stereocenters. The Hall–Kier alpha value is -2.36. The van der Waals surface area contributed by atoms with Crippen molar-refractivity contribution in [2.75, 3.05) is 11.9 Å². The molecule has 4 nitrogen and oxygen atoms in total. The Morgan fingerprint density at radius 2 is 1.91 bits per heavy atom. The lowest BCUT2D eigenvalue weighted by molar-refractivity contribution is 0.0948. The number of aromatic nitrogens is 1. The summed E-state index contributed by atoms with van der Waals surface area (Å²) in [6.07, 6.45) is 4.95. The number of unbranched alkanes of at least 4 members (excludes halogenated alkanes) is 2. The molecular formula is C19H25N3O. The van der Waals surface area contributed by atoms with E-state index in [0.717, 1.165) is 31.5 Å². The molecule has 0 aliphatic carbocycles. The molecule has 0 atom stereocenters. The number of nitrogens with zero attached hydrogens (tertiary/aromatic N) is 1. The lowest BCUT2D eigenvalue weighted by Crippen LogP contribution is -2.25. The van der Waals surface area contributed by atoms with E-state index >= 15 is 0 Å². The number of benzene rings is 1. The Kier molecular flexibility index (Phi) is 6.60. The molecule has 1 aromatic carbocycles. The van der Waals surface area contributed by atoms with Crippen molar-refractivity contribution in [2.24, 2.45) is 0 Å². The molecule has 122 valence electrons. The summed E-state index contributed by atoms with van der Waals surface area (Å²) in [6, 6.07) is 12.1. The van der Waals surface area contributed by atoms with Gasteiger partial charge in [0.2, 0.25) is 0 Å². The lowest BCUT2D eigenvalue weighted by atomic mass is 10.1. The maximum absolute atomic E-state index is 12.1. The van der Waals surface area contributed by atoms with Crippen molar-refractivity contribution in [3.63, 3.8) is 0 Å². The molecule has 0 spiro atoms. The number of hydrogen-bond donors (Lipinski definition) is 2. The SMILES string of the molecule is CCCCCNC(=O)c1cc(NCc2ccc(C)cc2)ccn1. The zero-order valence-corrected chi connectivity index (χ0v) is 13.9. The van der Waals surface area contributed by atoms with Crippen molar-refractivity contribution in [3.05, 3.63) is 59.4 Å². The van der Waals surface area contributed by atoms with Gasteiger partial charge in [-0.05, 0) is 31.0 Å². The number of rotatable bonds is 8. The van der Waals surface area contributed by atoms with Gasteiger partial charge >= 0.3 is 0 Å². The van der Waals surface area contributed by atoms with Crippen LogP contribution in [0, 0.1) is 6.92 Å². The highest BCUT2D eigenvalue weighted by molar-refractivity contribution is 5.93. The molecule has 0 aliphatic heterocycles. The van der Waals surface area contributed by atoms with Gasteiger partial charge < -0.3 is 10.6 Å². The highest BCUT2D eigenvalue weighted by atomic mass is 16.1. The highest BCUT2D eigenvalue weighted by Gasteiger charge is 2.07. The van der Waals surface area contributed by atoms with Crippen LogP contribution in [0.5, 0.6) is 0 Å². The van der Waals surface area contributed by atoms with Gasteiger partial charge in [-0.2, -0.15) is 0 Å². The fourth-order valence-corrected chi connectivity index (χ4v) is 2.24. The smallest absolute Gasteiger partial charge is 0.269 e. The largest absolute Gasteiger partial charge is 0.381 e. The third kappa shape index (κ3) is 5.74. The fraction of sp³-hybridized carbons (Fsp3) is 0.368. The fourth-order valence-electron chi connectivity index (χ4n) is 2.24. The molecule has 2 N–H and O–H groups in total. The van der Waals surface area contributed by atoms with Crippen LogP contribution in [0.4, 0.5) is 5.69 Å². The Bertz CT molecular complexity index is 623. The van der Waals surface area contributed by atoms with Crippen molar-refractivity contribution in [3.8, 4) is 0 Å². The topological polar surface area (TPSA) is 54.0 Å². The minimum atomic E-state index is -0.111. The number of carbonyl (C=O) groups is 1. The monoisotopic (exact) mass is 311 g/mol. The van der Waals surface area contributed by atoms with Crippen LogP contribution in [0.15, 0.2) is 42.6 Å². The van der Waals surface area contributed by atoms with Crippen LogP contribution in [0.25, 0.3) is 0 Å². The van der Waals surface area contributed by atoms with E-state index in [1.807, 2.05) is 6.07 Å². The van der Waals surface area contributed by atoms with Crippen LogP contribution < -0.4 is 10.6 Å². The van der Waals surface area contributed by atoms with Crippen LogP contribution in [-0.2, 0) is 6.54 Å². The standard InChI is InChI=1S/C19H25N3O/c1-3-4-5-11-21-19(23)18-13-17(10-12-20-18)22-14-16-8-6-15(2)7-9-16/h6-10,12-13H,3-5,11,14H2,1-2H3,(H,20,22)(H,21,23). The van der Waals surface area contributed by atoms with E-state index in [1.54, 1.807) is 12.3 Å². The second-order valence-electron chi connectivity index (χ2n) is 5.73. The predicted octanol–water partition coefficient (Wildman–Crippen LogP) is 3.92. The summed E-state index contributed by atoms with van der Waals surface area (Å²) in [5, 5.41) is 6.24. The molecule has 0 fully saturated rings. The van der Waals surface area contributed by atoms with Gasteiger partial charge in [-0.1, -0.05) is 49.6 Å². The first kappa shape index (κ1) is 17.0. The van der Waals surface area contributed by atoms with Gasteiger partial charge in [0, 0.05) is 25.0 Å². The van der Waals surface area contributed by atoms with Gasteiger partial charge in [0.25, 0.3) is 5.91 Å². The van der Waals surface area contributed by atoms with E-state index in [-0.39, 0.29) is 5.91 Å². The normalized spacial score (nSPS) is 10.3. The first-order valence-corrected chi connectivity index (χ1v) is 8.22. The van der Waals surface area contributed by atoms with Gasteiger partial charge in [0.05, 0.1) is 0 Å². The van der Waals surface area contributed by atoms with Gasteiger partial charge in [-0.3, -0.25) is 9.78 Å². The van der Waals surface area contributed by atoms with E-state index in [1.165, 1.54) is 11.1 Å². The Labute approximate surface area is 138 Å². The van der Waals surface area contributed by atoms with E-state index in [2.05, 4.69) is 53.7 Å². The Morgan fingerprint density at radius 1 is 1.13 bits per heavy atom. The second-order valence-corrected chi connectivity index (χ2v) is 5.73. The molecule has 0 saturated heterocycles. The number of amides is 1. The number of aryl methyl sites for hydroxylation is 1. The summed E-state index contributed by atoms with van der Waals surface area (Å²) in [5.74, 6) is -0.111. The van der Waals surface area contributed by atoms with Crippen LogP contribution in [0.2, 0.25) is 0 Å². The third-order valence-electron chi connectivity index (χ3n) is 3.68. The minimum Gasteiger partial charge on any atom is -0.381 e. The third-order valence-corrected chi connectivity index (χ3v) is 3.68. The van der Waals surface area contributed by atoms with Crippen molar-refractivity contribution < 1.29 is 4.79 Å². The first-order valence-electron chi connectivity index (χ1n) is 8.22. The predicted molar refractivity (Wildman–Crippen MR) is 94.6 cm³/mol. The van der Waals surface area contributed by atoms with Gasteiger partial charge in [-0.15, -0.1) is 0 Å². The number of pyridine rings is 1. The average molecular weight is 311 g/mol. The van der Waals surface area contributed by atoms with Crippen molar-refractivity contribution >= 4 is 11.6 Å². The molecule has 1 aromatic heterocycles. The van der Waals surface area contributed by atoms with Crippen LogP contribution in [-0.4, -0.2) is 17.4 Å². The van der Waals surface area contributed by atoms with E-state index in [4.69, 9.17) is 0 Å². The van der Waals surface area contributed by atoms with E-state index in [9.17, 15) is 4.79 Å². The minimum absolute atomic E-state index is 0.111. The Balaban J connectivity index is 1.88. The van der Waals surface area contributed by atoms with E-state index < -0.39 is 0 Å². The molecule has 23 heavy (non-hydrogen) atoms. The van der Waals surface area contributed by atoms with Crippen LogP contribution >= 0.6 is 0 Å². The average Bonchev–Trinajstić information content (AvgIpc) is 2.58. The molecule has 1 amide bonds. The number of hydrogen-bond acceptors (Lipinski definition) is 3. The molecule has 0 aliphatic rings. The molecule has 1 heterocycles. The number of nitrogens with one attached hydrogen (secondary N) is 2. The van der Waals surface area contributed by atoms with Gasteiger partial charge in [0.1, 0.15) is 5.69 Å². The maximum Gasteiger partial charge on any atom is 0.269 e. The summed E-state index contributed by atoms with van der Waals surface area (Å²) >= 11 is 0. The molecule has 0 radical (unpaired) electrons. The van der Waals surface area contributed by atoms with Crippen molar-refractivity contribution in [1.29, 1.82) is 0 Å². The molecule has 2 aromatic rings. The first-order chi connectivity index (χ1) is 11.2. The van der Waals surface area contributed by atoms with Crippen molar-refractivity contribution in [2.45, 2.75) is 39.7 Å². The number of anilines is 1. The molecular weight excluding hydrogens is 286 g/mol. The summed E-state index contributed by atoms with van der Waals surface area (Å²) in [4.78, 5) is 16.2. The maximum atomic E-state index is 12.1. The Morgan fingerprint density at radius 3 is 2.65 bits per heavy atom. The quantitative estimate of drug-likeness (QED) is 0.726. The zero-order valence-electron chi connectivity index (χ0n) is 13.9. The summed E-state index contributed by atoms with van der Waals surface area (Å²) in [7, 11) is 0. The zero-order chi connectivity index (χ0) is 16.5. The van der Waals surface area contributed by atoms with Crippen LogP contribution in [0.1, 0.15) is 47.8 Å². The van der Waals surface area contributed by atoms with Crippen LogP contribution in [0.3, 0.4) is 0 Å². The molecule has 0 saturated carbocycles. The number of carbonyl (C=O) groups excluding carboxylic acids is 1. The summed E-state index contributed by atoms with van der Waals surface area (Å²) in [5.41, 5.74) is 3.81. The highest BCUT2D eigenvalue weighted by Crippen LogP contribution is 2.11. The van der Waals surface area contributed by atoms with E-state index in [0.29, 0.717) is 12.2 Å². The molecule has 0 bridgehead atoms. The lowest BCUT2D eigenvalue weighted by Gasteiger charge is -2.09.